The lowest BCUT2D eigenvalue weighted by Gasteiger charge is -2.95. The molecule has 13 heteroatoms. The predicted molar refractivity (Wildman–Crippen MR) is 144 cm³/mol. The molecule has 0 radical (unpaired) electrons. The van der Waals surface area contributed by atoms with Crippen LogP contribution in [0, 0.1) is 65.0 Å². The summed E-state index contributed by atoms with van der Waals surface area (Å²) in [5.41, 5.74) is 0.896. The van der Waals surface area contributed by atoms with Crippen LogP contribution in [0.5, 0.6) is 0 Å². The third-order valence-corrected chi connectivity index (χ3v) is 13.1. The number of likely N-dealkylation sites (tertiary alicyclic amines) is 1. The van der Waals surface area contributed by atoms with E-state index in [4.69, 9.17) is 0 Å². The molecule has 41 heavy (non-hydrogen) atoms. The molecule has 10 rings (SSSR count). The molecule has 2 N–H and O–H groups in total. The van der Waals surface area contributed by atoms with Crippen LogP contribution in [-0.4, -0.2) is 51.6 Å². The monoisotopic (exact) mass is 596 g/mol. The van der Waals surface area contributed by atoms with Gasteiger partial charge in [0, 0.05) is 24.2 Å². The van der Waals surface area contributed by atoms with Crippen molar-refractivity contribution in [2.45, 2.75) is 17.5 Å². The standard InChI is InChI=1S/C28H25FN4O6S2/c1-40(36,37)31-12-6-7-13-14(8-12)41(38,39)32-27(30-13)24-26(34)23-21-17-15-16-19(17)22(20(16)18(15)21)25(23)33(28(24)35)9-10-2-4-11(29)5-3-10/h2-8,15-25,31H,9H2,1H3,(H,30,32). The number of nitrogens with zero attached hydrogens (tertiary/aromatic N) is 2. The molecule has 6 aliphatic carbocycles. The maximum atomic E-state index is 14.2. The van der Waals surface area contributed by atoms with Crippen molar-refractivity contribution < 1.29 is 30.8 Å². The van der Waals surface area contributed by atoms with Crippen LogP contribution in [0.1, 0.15) is 5.56 Å². The van der Waals surface area contributed by atoms with Crippen LogP contribution in [0.25, 0.3) is 0 Å². The van der Waals surface area contributed by atoms with E-state index in [9.17, 15) is 30.8 Å². The van der Waals surface area contributed by atoms with E-state index in [0.29, 0.717) is 29.6 Å². The van der Waals surface area contributed by atoms with Crippen LogP contribution in [0.4, 0.5) is 15.8 Å². The largest absolute Gasteiger partial charge is 0.341 e. The second-order valence-electron chi connectivity index (χ2n) is 12.7. The molecule has 212 valence electrons. The van der Waals surface area contributed by atoms with Gasteiger partial charge < -0.3 is 10.2 Å². The van der Waals surface area contributed by atoms with E-state index in [0.717, 1.165) is 23.8 Å². The van der Waals surface area contributed by atoms with Gasteiger partial charge in [-0.25, -0.2) is 12.8 Å². The van der Waals surface area contributed by atoms with Gasteiger partial charge in [0.2, 0.25) is 15.9 Å². The van der Waals surface area contributed by atoms with Crippen LogP contribution in [0.3, 0.4) is 0 Å². The number of sulfonamides is 2. The first-order chi connectivity index (χ1) is 19.4. The van der Waals surface area contributed by atoms with E-state index in [2.05, 4.69) is 14.4 Å². The molecule has 1 amide bonds. The van der Waals surface area contributed by atoms with E-state index in [1.165, 1.54) is 24.3 Å². The van der Waals surface area contributed by atoms with E-state index in [1.54, 1.807) is 17.0 Å². The Morgan fingerprint density at radius 3 is 2.24 bits per heavy atom. The lowest BCUT2D eigenvalue weighted by molar-refractivity contribution is -0.479. The highest BCUT2D eigenvalue weighted by Crippen LogP contribution is 2.93. The van der Waals surface area contributed by atoms with Gasteiger partial charge in [0.1, 0.15) is 16.5 Å². The van der Waals surface area contributed by atoms with Crippen LogP contribution in [-0.2, 0) is 36.2 Å². The zero-order valence-corrected chi connectivity index (χ0v) is 23.3. The van der Waals surface area contributed by atoms with Gasteiger partial charge in [-0.05, 0) is 83.2 Å². The number of nitrogens with one attached hydrogen (secondary N) is 2. The van der Waals surface area contributed by atoms with E-state index >= 15 is 0 Å². The third kappa shape index (κ3) is 2.88. The van der Waals surface area contributed by atoms with Crippen molar-refractivity contribution in [1.29, 1.82) is 0 Å². The maximum absolute atomic E-state index is 14.2. The van der Waals surface area contributed by atoms with Crippen molar-refractivity contribution in [1.82, 2.24) is 4.90 Å². The van der Waals surface area contributed by atoms with Crippen LogP contribution in [0.15, 0.2) is 51.8 Å². The average Bonchev–Trinajstić information content (AvgIpc) is 2.87. The van der Waals surface area contributed by atoms with Crippen molar-refractivity contribution >= 4 is 48.9 Å². The predicted octanol–water partition coefficient (Wildman–Crippen LogP) is 1.92. The molecule has 10 nitrogen and oxygen atoms in total. The van der Waals surface area contributed by atoms with Gasteiger partial charge in [-0.15, -0.1) is 4.40 Å². The third-order valence-electron chi connectivity index (χ3n) is 11.2. The summed E-state index contributed by atoms with van der Waals surface area (Å²) in [6.07, 6.45) is 0.952. The zero-order valence-electron chi connectivity index (χ0n) is 21.6. The van der Waals surface area contributed by atoms with E-state index < -0.39 is 31.9 Å². The fraction of sp³-hybridized carbons (Fsp3) is 0.464. The lowest BCUT2D eigenvalue weighted by Crippen LogP contribution is -2.95. The summed E-state index contributed by atoms with van der Waals surface area (Å²) in [6, 6.07) is 9.66. The van der Waals surface area contributed by atoms with Crippen molar-refractivity contribution in [2.24, 2.45) is 63.6 Å². The Balaban J connectivity index is 1.11. The molecule has 2 aromatic rings. The van der Waals surface area contributed by atoms with Gasteiger partial charge >= 0.3 is 0 Å². The molecule has 7 fully saturated rings. The number of rotatable bonds is 5. The number of hydrogen-bond acceptors (Lipinski definition) is 7. The molecule has 1 saturated heterocycles. The Hall–Kier alpha value is -3.32. The summed E-state index contributed by atoms with van der Waals surface area (Å²) in [5, 5.41) is 2.92. The fourth-order valence-electron chi connectivity index (χ4n) is 10.1. The number of carbonyl (C=O) groups is 2. The van der Waals surface area contributed by atoms with Gasteiger partial charge in [-0.1, -0.05) is 12.1 Å². The Morgan fingerprint density at radius 1 is 0.951 bits per heavy atom. The average molecular weight is 597 g/mol. The van der Waals surface area contributed by atoms with Gasteiger partial charge in [-0.2, -0.15) is 8.42 Å². The number of ketones is 1. The first-order valence-corrected chi connectivity index (χ1v) is 17.1. The molecule has 2 bridgehead atoms. The molecule has 8 aliphatic rings. The van der Waals surface area contributed by atoms with Crippen molar-refractivity contribution in [2.75, 3.05) is 16.3 Å². The number of amides is 1. The smallest absolute Gasteiger partial charge is 0.286 e. The number of hydrogen-bond donors (Lipinski definition) is 2. The Bertz CT molecular complexity index is 1840. The number of carbonyl (C=O) groups excluding carboxylic acids is 2. The quantitative estimate of drug-likeness (QED) is 0.503. The highest BCUT2D eigenvalue weighted by Gasteiger charge is 2.92. The van der Waals surface area contributed by atoms with Crippen molar-refractivity contribution in [3.8, 4) is 0 Å². The molecule has 2 aliphatic heterocycles. The number of anilines is 2. The minimum Gasteiger partial charge on any atom is -0.341 e. The Labute approximate surface area is 235 Å². The minimum atomic E-state index is -4.36. The number of benzene rings is 2. The second-order valence-corrected chi connectivity index (χ2v) is 16.0. The number of piperidine rings is 1. The zero-order chi connectivity index (χ0) is 28.3. The molecular formula is C28H25FN4O6S2. The Morgan fingerprint density at radius 2 is 1.59 bits per heavy atom. The van der Waals surface area contributed by atoms with Gasteiger partial charge in [0.25, 0.3) is 10.0 Å². The first kappa shape index (κ1) is 24.3. The molecule has 2 aromatic carbocycles. The first-order valence-electron chi connectivity index (χ1n) is 13.8. The molecule has 6 saturated carbocycles. The highest BCUT2D eigenvalue weighted by atomic mass is 32.2. The van der Waals surface area contributed by atoms with Crippen LogP contribution >= 0.6 is 0 Å². The normalized spacial score (nSPS) is 41.3. The highest BCUT2D eigenvalue weighted by molar-refractivity contribution is 7.92. The van der Waals surface area contributed by atoms with E-state index in [1.807, 2.05) is 0 Å². The molecule has 7 atom stereocenters. The summed E-state index contributed by atoms with van der Waals surface area (Å²) < 4.78 is 69.7. The van der Waals surface area contributed by atoms with Gasteiger partial charge in [0.05, 0.1) is 11.9 Å². The fourth-order valence-corrected chi connectivity index (χ4v) is 11.9. The number of halogens is 1. The summed E-state index contributed by atoms with van der Waals surface area (Å²) in [7, 11) is -8.01. The molecule has 7 unspecified atom stereocenters. The maximum Gasteiger partial charge on any atom is 0.286 e. The SMILES string of the molecule is CS(=O)(=O)Nc1ccc2c(c1)S(=O)(=O)N=C(C1C(=O)C3C4C5C6C4C4C6C5C4C3N(Cc3ccc(F)cc3)C1=O)N2. The van der Waals surface area contributed by atoms with Crippen molar-refractivity contribution in [3.63, 3.8) is 0 Å². The summed E-state index contributed by atoms with van der Waals surface area (Å²) in [5.74, 6) is 1.00. The summed E-state index contributed by atoms with van der Waals surface area (Å²) >= 11 is 0. The number of Topliss-reactive ketones (excluding diaryl/α,β-unsaturated/α-hetero) is 1. The molecular weight excluding hydrogens is 571 g/mol. The minimum absolute atomic E-state index is 0.0479. The lowest BCUT2D eigenvalue weighted by atomic mass is 9.09. The summed E-state index contributed by atoms with van der Waals surface area (Å²) in [6.45, 7) is 0.202. The Kier molecular flexibility index (Phi) is 4.36. The topological polar surface area (TPSA) is 142 Å². The van der Waals surface area contributed by atoms with Gasteiger partial charge in [0.15, 0.2) is 11.7 Å². The molecule has 0 aromatic heterocycles. The summed E-state index contributed by atoms with van der Waals surface area (Å²) in [4.78, 5) is 30.0. The number of fused-ring (bicyclic) bond motifs is 1. The second kappa shape index (κ2) is 7.35. The van der Waals surface area contributed by atoms with Crippen molar-refractivity contribution in [3.05, 3.63) is 53.8 Å². The number of amidine groups is 1. The van der Waals surface area contributed by atoms with Crippen LogP contribution in [0.2, 0.25) is 0 Å². The van der Waals surface area contributed by atoms with Gasteiger partial charge in [-0.3, -0.25) is 14.3 Å². The van der Waals surface area contributed by atoms with E-state index in [-0.39, 0.29) is 64.0 Å². The molecule has 2 heterocycles. The van der Waals surface area contributed by atoms with Crippen LogP contribution < -0.4 is 10.0 Å². The molecule has 0 spiro atoms.